The minimum Gasteiger partial charge on any atom is -0.468 e. The molecule has 1 aromatic heterocycles. The Morgan fingerprint density at radius 2 is 2.35 bits per heavy atom. The molecule has 1 aromatic rings. The molecule has 3 heterocycles. The van der Waals surface area contributed by atoms with Gasteiger partial charge < -0.3 is 15.1 Å². The highest BCUT2D eigenvalue weighted by molar-refractivity contribution is 5.79. The molecule has 3 rings (SSSR count). The van der Waals surface area contributed by atoms with Crippen molar-refractivity contribution in [2.45, 2.75) is 25.3 Å². The second-order valence-electron chi connectivity index (χ2n) is 5.71. The molecule has 1 amide bonds. The zero-order valence-electron chi connectivity index (χ0n) is 11.8. The molecule has 0 aliphatic carbocycles. The molecule has 2 saturated heterocycles. The fourth-order valence-electron chi connectivity index (χ4n) is 3.16. The van der Waals surface area contributed by atoms with Crippen LogP contribution >= 0.6 is 0 Å². The van der Waals surface area contributed by atoms with Crippen LogP contribution < -0.4 is 10.6 Å². The Labute approximate surface area is 119 Å². The van der Waals surface area contributed by atoms with Crippen molar-refractivity contribution in [1.29, 1.82) is 0 Å². The Morgan fingerprint density at radius 3 is 3.00 bits per heavy atom. The molecule has 110 valence electrons. The van der Waals surface area contributed by atoms with Crippen LogP contribution in [0.3, 0.4) is 0 Å². The van der Waals surface area contributed by atoms with Crippen LogP contribution in [0, 0.1) is 5.92 Å². The summed E-state index contributed by atoms with van der Waals surface area (Å²) in [5.74, 6) is 1.26. The van der Waals surface area contributed by atoms with E-state index < -0.39 is 0 Å². The highest BCUT2D eigenvalue weighted by Crippen LogP contribution is 2.25. The lowest BCUT2D eigenvalue weighted by molar-refractivity contribution is -0.124. The number of nitrogens with one attached hydrogen (secondary N) is 2. The van der Waals surface area contributed by atoms with Gasteiger partial charge >= 0.3 is 0 Å². The zero-order valence-corrected chi connectivity index (χ0v) is 11.8. The second kappa shape index (κ2) is 6.41. The molecule has 5 heteroatoms. The Kier molecular flexibility index (Phi) is 4.38. The molecule has 0 bridgehead atoms. The lowest BCUT2D eigenvalue weighted by Crippen LogP contribution is -2.39. The highest BCUT2D eigenvalue weighted by Gasteiger charge is 2.28. The smallest absolute Gasteiger partial charge is 0.224 e. The lowest BCUT2D eigenvalue weighted by Gasteiger charge is -2.26. The molecule has 0 spiro atoms. The van der Waals surface area contributed by atoms with Gasteiger partial charge in [-0.15, -0.1) is 0 Å². The highest BCUT2D eigenvalue weighted by atomic mass is 16.3. The van der Waals surface area contributed by atoms with Crippen LogP contribution in [0.1, 0.15) is 31.1 Å². The summed E-state index contributed by atoms with van der Waals surface area (Å²) in [4.78, 5) is 14.5. The lowest BCUT2D eigenvalue weighted by atomic mass is 10.1. The average Bonchev–Trinajstić information content (AvgIpc) is 3.22. The number of hydrogen-bond acceptors (Lipinski definition) is 4. The Morgan fingerprint density at radius 1 is 1.50 bits per heavy atom. The number of rotatable bonds is 5. The van der Waals surface area contributed by atoms with Crippen LogP contribution in [0.4, 0.5) is 0 Å². The molecular weight excluding hydrogens is 254 g/mol. The molecule has 2 atom stereocenters. The summed E-state index contributed by atoms with van der Waals surface area (Å²) in [6, 6.07) is 4.10. The number of carbonyl (C=O) groups is 1. The maximum atomic E-state index is 12.1. The van der Waals surface area contributed by atoms with E-state index in [0.717, 1.165) is 38.4 Å². The monoisotopic (exact) mass is 277 g/mol. The second-order valence-corrected chi connectivity index (χ2v) is 5.71. The molecule has 2 fully saturated rings. The molecule has 5 nitrogen and oxygen atoms in total. The summed E-state index contributed by atoms with van der Waals surface area (Å²) in [7, 11) is 0. The molecule has 0 radical (unpaired) electrons. The fraction of sp³-hybridized carbons (Fsp3) is 0.667. The average molecular weight is 277 g/mol. The Hall–Kier alpha value is -1.33. The van der Waals surface area contributed by atoms with Gasteiger partial charge in [-0.25, -0.2) is 0 Å². The van der Waals surface area contributed by atoms with Crippen LogP contribution in [0.5, 0.6) is 0 Å². The number of nitrogens with zero attached hydrogens (tertiary/aromatic N) is 1. The molecule has 2 unspecified atom stereocenters. The van der Waals surface area contributed by atoms with Crippen molar-refractivity contribution in [3.63, 3.8) is 0 Å². The molecular formula is C15H23N3O2. The van der Waals surface area contributed by atoms with Crippen molar-refractivity contribution < 1.29 is 9.21 Å². The van der Waals surface area contributed by atoms with Crippen molar-refractivity contribution in [2.75, 3.05) is 32.7 Å². The van der Waals surface area contributed by atoms with Crippen LogP contribution in [0.2, 0.25) is 0 Å². The number of furan rings is 1. The van der Waals surface area contributed by atoms with Gasteiger partial charge in [-0.3, -0.25) is 9.69 Å². The van der Waals surface area contributed by atoms with Gasteiger partial charge in [0.25, 0.3) is 0 Å². The third-order valence-corrected chi connectivity index (χ3v) is 4.35. The molecule has 0 saturated carbocycles. The normalized spacial score (nSPS) is 24.9. The van der Waals surface area contributed by atoms with E-state index >= 15 is 0 Å². The summed E-state index contributed by atoms with van der Waals surface area (Å²) in [6.07, 6.45) is 5.12. The van der Waals surface area contributed by atoms with Crippen molar-refractivity contribution in [3.05, 3.63) is 24.2 Å². The summed E-state index contributed by atoms with van der Waals surface area (Å²) in [5, 5.41) is 6.34. The molecule has 2 aliphatic rings. The van der Waals surface area contributed by atoms with E-state index in [1.807, 2.05) is 12.1 Å². The predicted molar refractivity (Wildman–Crippen MR) is 76.2 cm³/mol. The van der Waals surface area contributed by atoms with Gasteiger partial charge in [0.15, 0.2) is 0 Å². The minimum atomic E-state index is 0.130. The maximum absolute atomic E-state index is 12.1. The van der Waals surface area contributed by atoms with Crippen molar-refractivity contribution in [3.8, 4) is 0 Å². The summed E-state index contributed by atoms with van der Waals surface area (Å²) in [5.41, 5.74) is 0. The topological polar surface area (TPSA) is 57.5 Å². The van der Waals surface area contributed by atoms with E-state index in [9.17, 15) is 4.79 Å². The van der Waals surface area contributed by atoms with E-state index in [0.29, 0.717) is 6.54 Å². The fourth-order valence-corrected chi connectivity index (χ4v) is 3.16. The van der Waals surface area contributed by atoms with Crippen LogP contribution in [-0.4, -0.2) is 43.5 Å². The van der Waals surface area contributed by atoms with Gasteiger partial charge in [-0.1, -0.05) is 0 Å². The van der Waals surface area contributed by atoms with Gasteiger partial charge in [0, 0.05) is 13.1 Å². The van der Waals surface area contributed by atoms with Crippen molar-refractivity contribution >= 4 is 5.91 Å². The molecule has 0 aromatic carbocycles. The van der Waals surface area contributed by atoms with Gasteiger partial charge in [0.1, 0.15) is 5.76 Å². The SMILES string of the molecule is O=C(NCC(c1ccco1)N1CCCC1)C1CCNC1. The number of amides is 1. The Balaban J connectivity index is 1.59. The molecule has 2 aliphatic heterocycles. The van der Waals surface area contributed by atoms with Gasteiger partial charge in [-0.05, 0) is 51.0 Å². The van der Waals surface area contributed by atoms with Gasteiger partial charge in [0.2, 0.25) is 5.91 Å². The largest absolute Gasteiger partial charge is 0.468 e. The first-order valence-electron chi connectivity index (χ1n) is 7.60. The molecule has 20 heavy (non-hydrogen) atoms. The third-order valence-electron chi connectivity index (χ3n) is 4.35. The van der Waals surface area contributed by atoms with Crippen molar-refractivity contribution in [1.82, 2.24) is 15.5 Å². The van der Waals surface area contributed by atoms with E-state index in [1.165, 1.54) is 12.8 Å². The first-order valence-corrected chi connectivity index (χ1v) is 7.60. The van der Waals surface area contributed by atoms with Crippen molar-refractivity contribution in [2.24, 2.45) is 5.92 Å². The summed E-state index contributed by atoms with van der Waals surface area (Å²) >= 11 is 0. The third kappa shape index (κ3) is 3.04. The number of hydrogen-bond donors (Lipinski definition) is 2. The Bertz CT molecular complexity index is 420. The quantitative estimate of drug-likeness (QED) is 0.847. The number of carbonyl (C=O) groups excluding carboxylic acids is 1. The predicted octanol–water partition coefficient (Wildman–Crippen LogP) is 1.14. The first kappa shape index (κ1) is 13.6. The summed E-state index contributed by atoms with van der Waals surface area (Å²) in [6.45, 7) is 4.58. The first-order chi connectivity index (χ1) is 9.84. The zero-order chi connectivity index (χ0) is 13.8. The van der Waals surface area contributed by atoms with Crippen LogP contribution in [0.15, 0.2) is 22.8 Å². The van der Waals surface area contributed by atoms with Gasteiger partial charge in [0.05, 0.1) is 18.2 Å². The van der Waals surface area contributed by atoms with E-state index in [4.69, 9.17) is 4.42 Å². The standard InChI is InChI=1S/C15H23N3O2/c19-15(12-5-6-16-10-12)17-11-13(14-4-3-9-20-14)18-7-1-2-8-18/h3-4,9,12-13,16H,1-2,5-8,10-11H2,(H,17,19). The number of likely N-dealkylation sites (tertiary alicyclic amines) is 1. The van der Waals surface area contributed by atoms with Gasteiger partial charge in [-0.2, -0.15) is 0 Å². The van der Waals surface area contributed by atoms with E-state index in [1.54, 1.807) is 6.26 Å². The minimum absolute atomic E-state index is 0.130. The molecule has 2 N–H and O–H groups in total. The summed E-state index contributed by atoms with van der Waals surface area (Å²) < 4.78 is 5.56. The van der Waals surface area contributed by atoms with E-state index in [2.05, 4.69) is 15.5 Å². The van der Waals surface area contributed by atoms with E-state index in [-0.39, 0.29) is 17.9 Å². The maximum Gasteiger partial charge on any atom is 0.224 e. The van der Waals surface area contributed by atoms with Crippen LogP contribution in [-0.2, 0) is 4.79 Å². The van der Waals surface area contributed by atoms with Crippen LogP contribution in [0.25, 0.3) is 0 Å².